The van der Waals surface area contributed by atoms with Gasteiger partial charge in [-0.05, 0) is 32.7 Å². The molecule has 2 N–H and O–H groups in total. The zero-order chi connectivity index (χ0) is 12.5. The summed E-state index contributed by atoms with van der Waals surface area (Å²) in [4.78, 5) is 12.1. The van der Waals surface area contributed by atoms with Crippen molar-refractivity contribution in [3.05, 3.63) is 0 Å². The van der Waals surface area contributed by atoms with Crippen molar-refractivity contribution in [2.24, 2.45) is 5.41 Å². The van der Waals surface area contributed by atoms with E-state index in [-0.39, 0.29) is 28.9 Å². The first-order valence-corrected chi connectivity index (χ1v) is 7.96. The van der Waals surface area contributed by atoms with E-state index in [1.165, 1.54) is 0 Å². The summed E-state index contributed by atoms with van der Waals surface area (Å²) in [5.74, 6) is 0.293. The molecule has 0 bridgehead atoms. The van der Waals surface area contributed by atoms with Gasteiger partial charge >= 0.3 is 0 Å². The van der Waals surface area contributed by atoms with E-state index < -0.39 is 9.84 Å². The van der Waals surface area contributed by atoms with Crippen molar-refractivity contribution in [3.8, 4) is 0 Å². The first kappa shape index (κ1) is 12.8. The number of hydrogen-bond acceptors (Lipinski definition) is 4. The van der Waals surface area contributed by atoms with Crippen LogP contribution in [0.4, 0.5) is 0 Å². The van der Waals surface area contributed by atoms with Gasteiger partial charge in [-0.2, -0.15) is 0 Å². The second kappa shape index (κ2) is 4.57. The molecule has 2 rings (SSSR count). The van der Waals surface area contributed by atoms with Gasteiger partial charge in [-0.1, -0.05) is 0 Å². The van der Waals surface area contributed by atoms with Crippen LogP contribution in [0.5, 0.6) is 0 Å². The van der Waals surface area contributed by atoms with Crippen LogP contribution in [-0.2, 0) is 14.6 Å². The zero-order valence-electron chi connectivity index (χ0n) is 10.2. The fraction of sp³-hybridized carbons (Fsp3) is 0.909. The fourth-order valence-electron chi connectivity index (χ4n) is 2.52. The first-order valence-electron chi connectivity index (χ1n) is 6.13. The second-order valence-corrected chi connectivity index (χ2v) is 7.64. The Morgan fingerprint density at radius 1 is 1.47 bits per heavy atom. The SMILES string of the molecule is CC1(C(=O)NC2CCS(=O)(=O)C2)CCCNC1. The maximum Gasteiger partial charge on any atom is 0.227 e. The summed E-state index contributed by atoms with van der Waals surface area (Å²) < 4.78 is 22.6. The number of hydrogen-bond donors (Lipinski definition) is 2. The van der Waals surface area contributed by atoms with Crippen LogP contribution in [0, 0.1) is 5.41 Å². The molecule has 2 atom stereocenters. The van der Waals surface area contributed by atoms with E-state index in [2.05, 4.69) is 10.6 Å². The minimum atomic E-state index is -2.92. The Hall–Kier alpha value is -0.620. The normalized spacial score (nSPS) is 36.6. The Balaban J connectivity index is 1.93. The molecule has 0 saturated carbocycles. The largest absolute Gasteiger partial charge is 0.352 e. The molecule has 6 heteroatoms. The molecule has 0 aromatic carbocycles. The number of carbonyl (C=O) groups excluding carboxylic acids is 1. The van der Waals surface area contributed by atoms with Crippen molar-refractivity contribution in [1.82, 2.24) is 10.6 Å². The predicted molar refractivity (Wildman–Crippen MR) is 65.4 cm³/mol. The first-order chi connectivity index (χ1) is 7.91. The molecule has 1 amide bonds. The lowest BCUT2D eigenvalue weighted by atomic mass is 9.81. The van der Waals surface area contributed by atoms with Gasteiger partial charge in [-0.3, -0.25) is 4.79 Å². The Morgan fingerprint density at radius 2 is 2.24 bits per heavy atom. The van der Waals surface area contributed by atoms with E-state index in [1.807, 2.05) is 6.92 Å². The van der Waals surface area contributed by atoms with Crippen molar-refractivity contribution in [2.45, 2.75) is 32.2 Å². The van der Waals surface area contributed by atoms with Gasteiger partial charge in [0.15, 0.2) is 9.84 Å². The van der Waals surface area contributed by atoms with Crippen LogP contribution in [0.1, 0.15) is 26.2 Å². The highest BCUT2D eigenvalue weighted by Gasteiger charge is 2.37. The van der Waals surface area contributed by atoms with Crippen LogP contribution in [0.2, 0.25) is 0 Å². The van der Waals surface area contributed by atoms with Crippen molar-refractivity contribution in [1.29, 1.82) is 0 Å². The molecule has 98 valence electrons. The molecular weight excluding hydrogens is 240 g/mol. The third-order valence-corrected chi connectivity index (χ3v) is 5.48. The van der Waals surface area contributed by atoms with E-state index >= 15 is 0 Å². The Labute approximate surface area is 102 Å². The van der Waals surface area contributed by atoms with E-state index in [0.29, 0.717) is 13.0 Å². The Morgan fingerprint density at radius 3 is 2.76 bits per heavy atom. The Bertz CT molecular complexity index is 399. The summed E-state index contributed by atoms with van der Waals surface area (Å²) in [7, 11) is -2.92. The highest BCUT2D eigenvalue weighted by molar-refractivity contribution is 7.91. The number of sulfone groups is 1. The fourth-order valence-corrected chi connectivity index (χ4v) is 4.19. The van der Waals surface area contributed by atoms with Crippen LogP contribution < -0.4 is 10.6 Å². The molecule has 5 nitrogen and oxygen atoms in total. The van der Waals surface area contributed by atoms with Gasteiger partial charge in [0.05, 0.1) is 16.9 Å². The van der Waals surface area contributed by atoms with Crippen LogP contribution >= 0.6 is 0 Å². The van der Waals surface area contributed by atoms with Crippen molar-refractivity contribution < 1.29 is 13.2 Å². The van der Waals surface area contributed by atoms with Crippen molar-refractivity contribution >= 4 is 15.7 Å². The number of rotatable bonds is 2. The van der Waals surface area contributed by atoms with Crippen LogP contribution in [0.15, 0.2) is 0 Å². The molecular formula is C11H20N2O3S. The van der Waals surface area contributed by atoms with Crippen LogP contribution in [0.25, 0.3) is 0 Å². The summed E-state index contributed by atoms with van der Waals surface area (Å²) in [5.41, 5.74) is -0.384. The average molecular weight is 260 g/mol. The summed E-state index contributed by atoms with van der Waals surface area (Å²) >= 11 is 0. The third-order valence-electron chi connectivity index (χ3n) is 3.71. The maximum absolute atomic E-state index is 12.1. The molecule has 0 radical (unpaired) electrons. The van der Waals surface area contributed by atoms with Gasteiger partial charge in [0.2, 0.25) is 5.91 Å². The second-order valence-electron chi connectivity index (χ2n) is 5.41. The van der Waals surface area contributed by atoms with Gasteiger partial charge in [0, 0.05) is 12.6 Å². The molecule has 0 aromatic rings. The lowest BCUT2D eigenvalue weighted by Crippen LogP contribution is -2.51. The van der Waals surface area contributed by atoms with E-state index in [0.717, 1.165) is 19.4 Å². The lowest BCUT2D eigenvalue weighted by molar-refractivity contribution is -0.131. The number of nitrogens with one attached hydrogen (secondary N) is 2. The molecule has 0 aliphatic carbocycles. The molecule has 2 aliphatic heterocycles. The highest BCUT2D eigenvalue weighted by atomic mass is 32.2. The highest BCUT2D eigenvalue weighted by Crippen LogP contribution is 2.26. The Kier molecular flexibility index (Phi) is 3.45. The van der Waals surface area contributed by atoms with Gasteiger partial charge < -0.3 is 10.6 Å². The molecule has 17 heavy (non-hydrogen) atoms. The molecule has 2 unspecified atom stereocenters. The third kappa shape index (κ3) is 2.98. The van der Waals surface area contributed by atoms with Gasteiger partial charge in [-0.15, -0.1) is 0 Å². The molecule has 2 saturated heterocycles. The van der Waals surface area contributed by atoms with Crippen molar-refractivity contribution in [2.75, 3.05) is 24.6 Å². The molecule has 0 aromatic heterocycles. The topological polar surface area (TPSA) is 75.3 Å². The molecule has 2 heterocycles. The minimum Gasteiger partial charge on any atom is -0.352 e. The molecule has 0 spiro atoms. The lowest BCUT2D eigenvalue weighted by Gasteiger charge is -2.33. The van der Waals surface area contributed by atoms with Gasteiger partial charge in [0.1, 0.15) is 0 Å². The van der Waals surface area contributed by atoms with Crippen LogP contribution in [-0.4, -0.2) is 45.0 Å². The predicted octanol–water partition coefficient (Wildman–Crippen LogP) is -0.321. The van der Waals surface area contributed by atoms with Crippen molar-refractivity contribution in [3.63, 3.8) is 0 Å². The standard InChI is InChI=1S/C11H20N2O3S/c1-11(4-2-5-12-8-11)10(14)13-9-3-6-17(15,16)7-9/h9,12H,2-8H2,1H3,(H,13,14). The molecule has 2 fully saturated rings. The van der Waals surface area contributed by atoms with E-state index in [9.17, 15) is 13.2 Å². The minimum absolute atomic E-state index is 0.00759. The number of piperidine rings is 1. The monoisotopic (exact) mass is 260 g/mol. The van der Waals surface area contributed by atoms with E-state index in [4.69, 9.17) is 0 Å². The summed E-state index contributed by atoms with van der Waals surface area (Å²) in [6.45, 7) is 3.58. The smallest absolute Gasteiger partial charge is 0.227 e. The average Bonchev–Trinajstić information content (AvgIpc) is 2.59. The number of amides is 1. The van der Waals surface area contributed by atoms with Gasteiger partial charge in [0.25, 0.3) is 0 Å². The van der Waals surface area contributed by atoms with Gasteiger partial charge in [-0.25, -0.2) is 8.42 Å². The molecule has 2 aliphatic rings. The quantitative estimate of drug-likeness (QED) is 0.713. The maximum atomic E-state index is 12.1. The van der Waals surface area contributed by atoms with E-state index in [1.54, 1.807) is 0 Å². The zero-order valence-corrected chi connectivity index (χ0v) is 11.0. The summed E-state index contributed by atoms with van der Waals surface area (Å²) in [6.07, 6.45) is 2.41. The van der Waals surface area contributed by atoms with Crippen LogP contribution in [0.3, 0.4) is 0 Å². The summed E-state index contributed by atoms with van der Waals surface area (Å²) in [5, 5.41) is 6.10. The summed E-state index contributed by atoms with van der Waals surface area (Å²) in [6, 6.07) is -0.189. The number of carbonyl (C=O) groups is 1.